The average molecular weight is 320 g/mol. The van der Waals surface area contributed by atoms with Crippen molar-refractivity contribution in [2.24, 2.45) is 11.1 Å². The largest absolute Gasteiger partial charge is 0.491 e. The van der Waals surface area contributed by atoms with Gasteiger partial charge < -0.3 is 20.5 Å². The lowest BCUT2D eigenvalue weighted by atomic mass is 9.79. The number of aryl methyl sites for hydroxylation is 1. The Balaban J connectivity index is 2.06. The highest BCUT2D eigenvalue weighted by Crippen LogP contribution is 2.30. The highest BCUT2D eigenvalue weighted by molar-refractivity contribution is 5.83. The van der Waals surface area contributed by atoms with Crippen molar-refractivity contribution in [1.82, 2.24) is 5.32 Å². The van der Waals surface area contributed by atoms with Crippen LogP contribution in [-0.4, -0.2) is 31.8 Å². The summed E-state index contributed by atoms with van der Waals surface area (Å²) in [7, 11) is 0. The van der Waals surface area contributed by atoms with Gasteiger partial charge in [0.2, 0.25) is 5.91 Å². The summed E-state index contributed by atoms with van der Waals surface area (Å²) < 4.78 is 11.2. The number of ether oxygens (including phenoxy) is 2. The number of benzene rings is 1. The van der Waals surface area contributed by atoms with Crippen molar-refractivity contribution in [2.45, 2.75) is 46.3 Å². The van der Waals surface area contributed by atoms with E-state index < -0.39 is 5.41 Å². The van der Waals surface area contributed by atoms with Gasteiger partial charge in [0.1, 0.15) is 5.75 Å². The van der Waals surface area contributed by atoms with Crippen molar-refractivity contribution < 1.29 is 14.3 Å². The quantitative estimate of drug-likeness (QED) is 0.842. The molecule has 5 heteroatoms. The Morgan fingerprint density at radius 3 is 2.70 bits per heavy atom. The molecule has 0 unspecified atom stereocenters. The summed E-state index contributed by atoms with van der Waals surface area (Å²) in [5.74, 6) is 0.841. The van der Waals surface area contributed by atoms with Gasteiger partial charge in [-0.1, -0.05) is 12.1 Å². The number of nitrogens with one attached hydrogen (secondary N) is 1. The van der Waals surface area contributed by atoms with Gasteiger partial charge in [-0.05, 0) is 45.2 Å². The summed E-state index contributed by atoms with van der Waals surface area (Å²) in [5, 5.41) is 3.04. The molecule has 1 heterocycles. The molecule has 23 heavy (non-hydrogen) atoms. The Morgan fingerprint density at radius 2 is 2.09 bits per heavy atom. The first-order valence-corrected chi connectivity index (χ1v) is 8.29. The van der Waals surface area contributed by atoms with E-state index in [4.69, 9.17) is 15.2 Å². The highest BCUT2D eigenvalue weighted by Gasteiger charge is 2.38. The molecule has 0 saturated carbocycles. The summed E-state index contributed by atoms with van der Waals surface area (Å²) in [5.41, 5.74) is 7.51. The molecule has 1 aromatic rings. The zero-order chi connectivity index (χ0) is 16.9. The van der Waals surface area contributed by atoms with E-state index in [2.05, 4.69) is 5.32 Å². The van der Waals surface area contributed by atoms with Gasteiger partial charge in [-0.3, -0.25) is 4.79 Å². The second-order valence-corrected chi connectivity index (χ2v) is 6.56. The van der Waals surface area contributed by atoms with Crippen molar-refractivity contribution in [2.75, 3.05) is 19.8 Å². The molecule has 0 aliphatic carbocycles. The Labute approximate surface area is 138 Å². The minimum Gasteiger partial charge on any atom is -0.491 e. The van der Waals surface area contributed by atoms with E-state index in [1.807, 2.05) is 39.0 Å². The summed E-state index contributed by atoms with van der Waals surface area (Å²) in [6.07, 6.45) is 1.45. The van der Waals surface area contributed by atoms with Crippen LogP contribution in [0.15, 0.2) is 18.2 Å². The standard InChI is InChI=1S/C18H28N2O3/c1-13(2)23-16-10-14(3)4-5-15(16)11-20-17(21)18(12-19)6-8-22-9-7-18/h4-5,10,13H,6-9,11-12,19H2,1-3H3,(H,20,21). The Kier molecular flexibility index (Phi) is 6.02. The van der Waals surface area contributed by atoms with E-state index in [-0.39, 0.29) is 12.0 Å². The highest BCUT2D eigenvalue weighted by atomic mass is 16.5. The maximum atomic E-state index is 12.6. The Hall–Kier alpha value is -1.59. The third-order valence-corrected chi connectivity index (χ3v) is 4.35. The smallest absolute Gasteiger partial charge is 0.227 e. The van der Waals surface area contributed by atoms with Gasteiger partial charge in [0.25, 0.3) is 0 Å². The molecule has 0 bridgehead atoms. The van der Waals surface area contributed by atoms with Crippen LogP contribution in [0.4, 0.5) is 0 Å². The molecule has 0 radical (unpaired) electrons. The lowest BCUT2D eigenvalue weighted by Crippen LogP contribution is -2.49. The molecule has 1 amide bonds. The molecule has 0 spiro atoms. The SMILES string of the molecule is Cc1ccc(CNC(=O)C2(CN)CCOCC2)c(OC(C)C)c1. The number of rotatable bonds is 6. The molecule has 1 saturated heterocycles. The number of carbonyl (C=O) groups excluding carboxylic acids is 1. The Morgan fingerprint density at radius 1 is 1.39 bits per heavy atom. The van der Waals surface area contributed by atoms with Gasteiger partial charge in [0.05, 0.1) is 11.5 Å². The van der Waals surface area contributed by atoms with Crippen LogP contribution in [0, 0.1) is 12.3 Å². The molecule has 2 rings (SSSR count). The van der Waals surface area contributed by atoms with Crippen molar-refractivity contribution in [3.8, 4) is 5.75 Å². The first kappa shape index (κ1) is 17.8. The van der Waals surface area contributed by atoms with E-state index >= 15 is 0 Å². The summed E-state index contributed by atoms with van der Waals surface area (Å²) >= 11 is 0. The molecule has 5 nitrogen and oxygen atoms in total. The van der Waals surface area contributed by atoms with E-state index in [1.54, 1.807) is 0 Å². The van der Waals surface area contributed by atoms with Crippen molar-refractivity contribution in [3.05, 3.63) is 29.3 Å². The van der Waals surface area contributed by atoms with Crippen LogP contribution in [0.5, 0.6) is 5.75 Å². The minimum atomic E-state index is -0.498. The third kappa shape index (κ3) is 4.45. The molecule has 1 aliphatic heterocycles. The van der Waals surface area contributed by atoms with Gasteiger partial charge in [0.15, 0.2) is 0 Å². The molecule has 1 fully saturated rings. The van der Waals surface area contributed by atoms with E-state index in [0.29, 0.717) is 39.1 Å². The number of carbonyl (C=O) groups is 1. The fraction of sp³-hybridized carbons (Fsp3) is 0.611. The summed E-state index contributed by atoms with van der Waals surface area (Å²) in [4.78, 5) is 12.6. The lowest BCUT2D eigenvalue weighted by molar-refractivity contribution is -0.136. The van der Waals surface area contributed by atoms with E-state index in [0.717, 1.165) is 16.9 Å². The molecule has 3 N–H and O–H groups in total. The van der Waals surface area contributed by atoms with Crippen molar-refractivity contribution in [1.29, 1.82) is 0 Å². The monoisotopic (exact) mass is 320 g/mol. The normalized spacial score (nSPS) is 17.1. The van der Waals surface area contributed by atoms with Crippen LogP contribution >= 0.6 is 0 Å². The summed E-state index contributed by atoms with van der Waals surface area (Å²) in [6.45, 7) is 8.01. The number of nitrogens with two attached hydrogens (primary N) is 1. The molecular formula is C18H28N2O3. The van der Waals surface area contributed by atoms with Crippen molar-refractivity contribution in [3.63, 3.8) is 0 Å². The predicted molar refractivity (Wildman–Crippen MR) is 90.3 cm³/mol. The molecule has 1 aliphatic rings. The maximum Gasteiger partial charge on any atom is 0.227 e. The van der Waals surface area contributed by atoms with Gasteiger partial charge in [-0.25, -0.2) is 0 Å². The molecule has 0 atom stereocenters. The fourth-order valence-corrected chi connectivity index (χ4v) is 2.82. The second-order valence-electron chi connectivity index (χ2n) is 6.56. The summed E-state index contributed by atoms with van der Waals surface area (Å²) in [6, 6.07) is 6.04. The van der Waals surface area contributed by atoms with E-state index in [9.17, 15) is 4.79 Å². The molecule has 128 valence electrons. The lowest BCUT2D eigenvalue weighted by Gasteiger charge is -2.34. The molecular weight excluding hydrogens is 292 g/mol. The van der Waals surface area contributed by atoms with Crippen LogP contribution < -0.4 is 15.8 Å². The van der Waals surface area contributed by atoms with Gasteiger partial charge >= 0.3 is 0 Å². The van der Waals surface area contributed by atoms with Crippen LogP contribution in [0.1, 0.15) is 37.8 Å². The van der Waals surface area contributed by atoms with Crippen LogP contribution in [0.3, 0.4) is 0 Å². The minimum absolute atomic E-state index is 0.0133. The molecule has 1 aromatic carbocycles. The van der Waals surface area contributed by atoms with Crippen molar-refractivity contribution >= 4 is 5.91 Å². The maximum absolute atomic E-state index is 12.6. The van der Waals surface area contributed by atoms with Crippen LogP contribution in [-0.2, 0) is 16.1 Å². The fourth-order valence-electron chi connectivity index (χ4n) is 2.82. The Bertz CT molecular complexity index is 537. The van der Waals surface area contributed by atoms with Gasteiger partial charge in [-0.15, -0.1) is 0 Å². The van der Waals surface area contributed by atoms with Crippen LogP contribution in [0.25, 0.3) is 0 Å². The number of hydrogen-bond donors (Lipinski definition) is 2. The molecule has 0 aromatic heterocycles. The van der Waals surface area contributed by atoms with Gasteiger partial charge in [-0.2, -0.15) is 0 Å². The second kappa shape index (κ2) is 7.79. The van der Waals surface area contributed by atoms with E-state index in [1.165, 1.54) is 0 Å². The van der Waals surface area contributed by atoms with Crippen LogP contribution in [0.2, 0.25) is 0 Å². The average Bonchev–Trinajstić information content (AvgIpc) is 2.54. The number of hydrogen-bond acceptors (Lipinski definition) is 4. The number of amides is 1. The first-order valence-electron chi connectivity index (χ1n) is 8.29. The third-order valence-electron chi connectivity index (χ3n) is 4.35. The zero-order valence-corrected chi connectivity index (χ0v) is 14.4. The predicted octanol–water partition coefficient (Wildman–Crippen LogP) is 2.15. The topological polar surface area (TPSA) is 73.6 Å². The zero-order valence-electron chi connectivity index (χ0n) is 14.4. The first-order chi connectivity index (χ1) is 11.0. The van der Waals surface area contributed by atoms with Gasteiger partial charge in [0, 0.05) is 31.9 Å².